The molecule has 0 aliphatic carbocycles. The molecule has 3 rings (SSSR count). The molecule has 1 fully saturated rings. The van der Waals surface area contributed by atoms with Gasteiger partial charge >= 0.3 is 0 Å². The normalized spacial score (nSPS) is 15.1. The molecular formula is C23H29N3O5S. The van der Waals surface area contributed by atoms with Gasteiger partial charge in [0.15, 0.2) is 0 Å². The third-order valence-corrected chi connectivity index (χ3v) is 6.42. The van der Waals surface area contributed by atoms with E-state index in [4.69, 9.17) is 9.47 Å². The molecule has 1 aromatic carbocycles. The molecule has 0 radical (unpaired) electrons. The minimum atomic E-state index is -0.667. The summed E-state index contributed by atoms with van der Waals surface area (Å²) in [7, 11) is 3.15. The van der Waals surface area contributed by atoms with Gasteiger partial charge in [-0.2, -0.15) is 0 Å². The molecule has 1 aliphatic heterocycles. The first kappa shape index (κ1) is 23.7. The molecule has 0 unspecified atom stereocenters. The average molecular weight is 460 g/mol. The highest BCUT2D eigenvalue weighted by Gasteiger charge is 2.34. The van der Waals surface area contributed by atoms with Crippen molar-refractivity contribution in [3.63, 3.8) is 0 Å². The van der Waals surface area contributed by atoms with Crippen LogP contribution in [-0.4, -0.2) is 69.1 Å². The zero-order valence-corrected chi connectivity index (χ0v) is 19.2. The third kappa shape index (κ3) is 6.08. The number of amides is 3. The van der Waals surface area contributed by atoms with Gasteiger partial charge in [-0.3, -0.25) is 14.4 Å². The van der Waals surface area contributed by atoms with Crippen LogP contribution in [-0.2, 0) is 9.53 Å². The van der Waals surface area contributed by atoms with Gasteiger partial charge in [-0.25, -0.2) is 0 Å². The van der Waals surface area contributed by atoms with Crippen molar-refractivity contribution in [2.75, 3.05) is 40.5 Å². The van der Waals surface area contributed by atoms with Gasteiger partial charge in [0.05, 0.1) is 18.6 Å². The summed E-state index contributed by atoms with van der Waals surface area (Å²) in [6.45, 7) is 1.81. The van der Waals surface area contributed by atoms with Crippen molar-refractivity contribution in [3.05, 3.63) is 52.2 Å². The third-order valence-electron chi connectivity index (χ3n) is 5.55. The summed E-state index contributed by atoms with van der Waals surface area (Å²) in [6, 6.07) is 9.90. The number of thiophene rings is 1. The minimum Gasteiger partial charge on any atom is -0.497 e. The van der Waals surface area contributed by atoms with Gasteiger partial charge in [-0.05, 0) is 54.5 Å². The van der Waals surface area contributed by atoms with E-state index in [2.05, 4.69) is 10.6 Å². The number of likely N-dealkylation sites (tertiary alicyclic amines) is 1. The second-order valence-electron chi connectivity index (χ2n) is 7.57. The number of carbonyl (C=O) groups excluding carboxylic acids is 3. The molecule has 0 spiro atoms. The number of hydrogen-bond donors (Lipinski definition) is 2. The molecule has 8 nitrogen and oxygen atoms in total. The number of carbonyl (C=O) groups is 3. The van der Waals surface area contributed by atoms with Crippen molar-refractivity contribution < 1.29 is 23.9 Å². The monoisotopic (exact) mass is 459 g/mol. The van der Waals surface area contributed by atoms with E-state index in [0.29, 0.717) is 55.3 Å². The molecule has 9 heteroatoms. The first-order valence-corrected chi connectivity index (χ1v) is 11.5. The molecule has 32 heavy (non-hydrogen) atoms. The highest BCUT2D eigenvalue weighted by atomic mass is 32.1. The van der Waals surface area contributed by atoms with E-state index < -0.39 is 6.04 Å². The topological polar surface area (TPSA) is 97.0 Å². The Labute approximate surface area is 191 Å². The Bertz CT molecular complexity index is 893. The van der Waals surface area contributed by atoms with Gasteiger partial charge in [-0.1, -0.05) is 6.07 Å². The van der Waals surface area contributed by atoms with E-state index in [1.165, 1.54) is 11.3 Å². The van der Waals surface area contributed by atoms with Gasteiger partial charge < -0.3 is 25.0 Å². The Morgan fingerprint density at radius 2 is 1.84 bits per heavy atom. The van der Waals surface area contributed by atoms with E-state index in [9.17, 15) is 14.4 Å². The Morgan fingerprint density at radius 1 is 1.12 bits per heavy atom. The van der Waals surface area contributed by atoms with Crippen LogP contribution in [0.4, 0.5) is 0 Å². The van der Waals surface area contributed by atoms with Crippen molar-refractivity contribution in [2.45, 2.75) is 18.9 Å². The Balaban J connectivity index is 1.63. The molecule has 1 aromatic heterocycles. The van der Waals surface area contributed by atoms with Crippen LogP contribution >= 0.6 is 11.3 Å². The second kappa shape index (κ2) is 11.6. The summed E-state index contributed by atoms with van der Waals surface area (Å²) in [5.74, 6) is 0.0933. The lowest BCUT2D eigenvalue weighted by Crippen LogP contribution is -2.54. The van der Waals surface area contributed by atoms with E-state index in [0.717, 1.165) is 0 Å². The van der Waals surface area contributed by atoms with Crippen molar-refractivity contribution in [3.8, 4) is 5.75 Å². The molecule has 2 aromatic rings. The van der Waals surface area contributed by atoms with Gasteiger partial charge in [0.2, 0.25) is 5.91 Å². The standard InChI is InChI=1S/C23H29N3O5S/c1-30-14-11-24-22(28)20(25-21(27)19-4-3-15-32-19)16-9-12-26(13-10-16)23(29)17-5-7-18(31-2)8-6-17/h3-8,15-16,20H,9-14H2,1-2H3,(H,24,28)(H,25,27)/t20-/m0/s1. The van der Waals surface area contributed by atoms with E-state index in [1.807, 2.05) is 5.38 Å². The number of nitrogens with zero attached hydrogens (tertiary/aromatic N) is 1. The van der Waals surface area contributed by atoms with Crippen molar-refractivity contribution in [1.29, 1.82) is 0 Å². The summed E-state index contributed by atoms with van der Waals surface area (Å²) in [5.41, 5.74) is 0.601. The van der Waals surface area contributed by atoms with Gasteiger partial charge in [-0.15, -0.1) is 11.3 Å². The smallest absolute Gasteiger partial charge is 0.262 e. The number of nitrogens with one attached hydrogen (secondary N) is 2. The van der Waals surface area contributed by atoms with Gasteiger partial charge in [0.25, 0.3) is 11.8 Å². The van der Waals surface area contributed by atoms with Crippen LogP contribution in [0.5, 0.6) is 5.75 Å². The number of ether oxygens (including phenoxy) is 2. The maximum Gasteiger partial charge on any atom is 0.262 e. The van der Waals surface area contributed by atoms with Crippen LogP contribution in [0.25, 0.3) is 0 Å². The fraction of sp³-hybridized carbons (Fsp3) is 0.435. The summed E-state index contributed by atoms with van der Waals surface area (Å²) in [6.07, 6.45) is 1.24. The second-order valence-corrected chi connectivity index (χ2v) is 8.52. The zero-order valence-electron chi connectivity index (χ0n) is 18.3. The number of rotatable bonds is 9. The first-order valence-electron chi connectivity index (χ1n) is 10.6. The van der Waals surface area contributed by atoms with E-state index >= 15 is 0 Å². The quantitative estimate of drug-likeness (QED) is 0.560. The molecule has 1 aliphatic rings. The number of piperidine rings is 1. The first-order chi connectivity index (χ1) is 15.5. The average Bonchev–Trinajstić information content (AvgIpc) is 3.37. The van der Waals surface area contributed by atoms with Crippen LogP contribution in [0, 0.1) is 5.92 Å². The Hall–Kier alpha value is -2.91. The SMILES string of the molecule is COCCNC(=O)[C@@H](NC(=O)c1cccs1)C1CCN(C(=O)c2ccc(OC)cc2)CC1. The lowest BCUT2D eigenvalue weighted by Gasteiger charge is -2.35. The van der Waals surface area contributed by atoms with Crippen LogP contribution in [0.3, 0.4) is 0 Å². The van der Waals surface area contributed by atoms with Crippen LogP contribution in [0.1, 0.15) is 32.9 Å². The maximum atomic E-state index is 12.8. The predicted molar refractivity (Wildman–Crippen MR) is 122 cm³/mol. The molecule has 1 saturated heterocycles. The lowest BCUT2D eigenvalue weighted by molar-refractivity contribution is -0.124. The fourth-order valence-corrected chi connectivity index (χ4v) is 4.38. The summed E-state index contributed by atoms with van der Waals surface area (Å²) >= 11 is 1.33. The van der Waals surface area contributed by atoms with Crippen LogP contribution < -0.4 is 15.4 Å². The molecule has 172 valence electrons. The molecule has 2 N–H and O–H groups in total. The minimum absolute atomic E-state index is 0.0465. The highest BCUT2D eigenvalue weighted by Crippen LogP contribution is 2.24. The number of benzene rings is 1. The molecule has 1 atom stereocenters. The number of hydrogen-bond acceptors (Lipinski definition) is 6. The predicted octanol–water partition coefficient (Wildman–Crippen LogP) is 2.17. The highest BCUT2D eigenvalue weighted by molar-refractivity contribution is 7.12. The molecule has 0 bridgehead atoms. The summed E-state index contributed by atoms with van der Waals surface area (Å²) in [4.78, 5) is 40.7. The Morgan fingerprint density at radius 3 is 2.44 bits per heavy atom. The zero-order chi connectivity index (χ0) is 22.9. The summed E-state index contributed by atoms with van der Waals surface area (Å²) in [5, 5.41) is 7.57. The van der Waals surface area contributed by atoms with E-state index in [-0.39, 0.29) is 23.6 Å². The maximum absolute atomic E-state index is 12.8. The molecule has 0 saturated carbocycles. The van der Waals surface area contributed by atoms with Crippen molar-refractivity contribution in [1.82, 2.24) is 15.5 Å². The van der Waals surface area contributed by atoms with Gasteiger partial charge in [0.1, 0.15) is 11.8 Å². The fourth-order valence-electron chi connectivity index (χ4n) is 3.76. The van der Waals surface area contributed by atoms with Crippen LogP contribution in [0.2, 0.25) is 0 Å². The molecule has 3 amide bonds. The summed E-state index contributed by atoms with van der Waals surface area (Å²) < 4.78 is 10.1. The molecular weight excluding hydrogens is 430 g/mol. The largest absolute Gasteiger partial charge is 0.497 e. The van der Waals surface area contributed by atoms with Crippen LogP contribution in [0.15, 0.2) is 41.8 Å². The lowest BCUT2D eigenvalue weighted by atomic mass is 9.88. The van der Waals surface area contributed by atoms with Crippen molar-refractivity contribution in [2.24, 2.45) is 5.92 Å². The van der Waals surface area contributed by atoms with Gasteiger partial charge in [0, 0.05) is 32.3 Å². The Kier molecular flexibility index (Phi) is 8.64. The molecule has 2 heterocycles. The van der Waals surface area contributed by atoms with Crippen molar-refractivity contribution >= 4 is 29.1 Å². The van der Waals surface area contributed by atoms with E-state index in [1.54, 1.807) is 55.5 Å². The number of methoxy groups -OCH3 is 2.